The van der Waals surface area contributed by atoms with E-state index in [-0.39, 0.29) is 31.1 Å². The molecule has 0 N–H and O–H groups in total. The second-order valence-corrected chi connectivity index (χ2v) is 19.6. The molecule has 0 saturated heterocycles. The van der Waals surface area contributed by atoms with E-state index in [0.29, 0.717) is 19.3 Å². The third-order valence-electron chi connectivity index (χ3n) is 12.9. The SMILES string of the molecule is CCCCCCCC/C=C\CCCCCCCC(=O)OC(COC(=O)CCCCCCCCC/C=C\CCCCCCCCC)COC(=O)CCCCCCCCCCCCCCCC. The quantitative estimate of drug-likeness (QED) is 0.0262. The molecule has 0 radical (unpaired) electrons. The number of unbranched alkanes of at least 4 members (excludes halogenated alkanes) is 38. The number of allylic oxidation sites excluding steroid dienone is 4. The Morgan fingerprint density at radius 2 is 0.508 bits per heavy atom. The lowest BCUT2D eigenvalue weighted by Gasteiger charge is -2.18. The first kappa shape index (κ1) is 62.9. The Kier molecular flexibility index (Phi) is 52.7. The Hall–Kier alpha value is -2.11. The van der Waals surface area contributed by atoms with Crippen molar-refractivity contribution >= 4 is 17.9 Å². The van der Waals surface area contributed by atoms with Gasteiger partial charge in [0.15, 0.2) is 6.10 Å². The molecule has 6 nitrogen and oxygen atoms in total. The van der Waals surface area contributed by atoms with Crippen LogP contribution >= 0.6 is 0 Å². The molecule has 0 aromatic carbocycles. The molecule has 0 rings (SSSR count). The van der Waals surface area contributed by atoms with Gasteiger partial charge in [0.2, 0.25) is 0 Å². The average molecular weight is 916 g/mol. The van der Waals surface area contributed by atoms with Crippen molar-refractivity contribution in [3.8, 4) is 0 Å². The van der Waals surface area contributed by atoms with Crippen LogP contribution in [0.4, 0.5) is 0 Å². The topological polar surface area (TPSA) is 78.9 Å². The summed E-state index contributed by atoms with van der Waals surface area (Å²) in [5, 5.41) is 0. The number of carbonyl (C=O) groups is 3. The van der Waals surface area contributed by atoms with Gasteiger partial charge in [-0.05, 0) is 70.6 Å². The van der Waals surface area contributed by atoms with Crippen molar-refractivity contribution in [2.75, 3.05) is 13.2 Å². The first-order valence-electron chi connectivity index (χ1n) is 28.8. The van der Waals surface area contributed by atoms with Gasteiger partial charge in [-0.1, -0.05) is 251 Å². The van der Waals surface area contributed by atoms with Crippen LogP contribution in [0, 0.1) is 0 Å². The smallest absolute Gasteiger partial charge is 0.306 e. The van der Waals surface area contributed by atoms with Gasteiger partial charge in [0, 0.05) is 19.3 Å². The summed E-state index contributed by atoms with van der Waals surface area (Å²) in [5.41, 5.74) is 0. The van der Waals surface area contributed by atoms with Crippen molar-refractivity contribution in [3.05, 3.63) is 24.3 Å². The lowest BCUT2D eigenvalue weighted by molar-refractivity contribution is -0.167. The average Bonchev–Trinajstić information content (AvgIpc) is 3.30. The summed E-state index contributed by atoms with van der Waals surface area (Å²) in [7, 11) is 0. The van der Waals surface area contributed by atoms with Crippen molar-refractivity contribution in [1.82, 2.24) is 0 Å². The molecule has 0 aliphatic heterocycles. The van der Waals surface area contributed by atoms with E-state index in [4.69, 9.17) is 14.2 Å². The highest BCUT2D eigenvalue weighted by Crippen LogP contribution is 2.16. The molecule has 1 unspecified atom stereocenters. The van der Waals surface area contributed by atoms with E-state index in [1.165, 1.54) is 212 Å². The molecule has 0 bridgehead atoms. The lowest BCUT2D eigenvalue weighted by Crippen LogP contribution is -2.30. The fourth-order valence-electron chi connectivity index (χ4n) is 8.55. The number of hydrogen-bond donors (Lipinski definition) is 0. The second-order valence-electron chi connectivity index (χ2n) is 19.6. The minimum absolute atomic E-state index is 0.0716. The fourth-order valence-corrected chi connectivity index (χ4v) is 8.55. The Balaban J connectivity index is 4.34. The molecule has 0 saturated carbocycles. The fraction of sp³-hybridized carbons (Fsp3) is 0.881. The maximum Gasteiger partial charge on any atom is 0.306 e. The van der Waals surface area contributed by atoms with Crippen LogP contribution < -0.4 is 0 Å². The standard InChI is InChI=1S/C59H110O6/c1-4-7-10-13-16-19-22-25-28-29-30-32-34-37-40-43-46-49-52-58(61)64-55-56(54-63-57(60)51-48-45-42-39-36-33-27-24-21-18-15-12-9-6-3)65-59(62)53-50-47-44-41-38-35-31-26-23-20-17-14-11-8-5-2/h26,28-29,31,56H,4-25,27,30,32-55H2,1-3H3/b29-28-,31-26-. The van der Waals surface area contributed by atoms with E-state index >= 15 is 0 Å². The Labute approximate surface area is 404 Å². The molecule has 0 fully saturated rings. The maximum absolute atomic E-state index is 12.8. The molecular formula is C59H110O6. The number of rotatable bonds is 53. The first-order valence-corrected chi connectivity index (χ1v) is 28.8. The summed E-state index contributed by atoms with van der Waals surface area (Å²) in [5.74, 6) is -0.865. The van der Waals surface area contributed by atoms with Crippen LogP contribution in [0.5, 0.6) is 0 Å². The summed E-state index contributed by atoms with van der Waals surface area (Å²) in [6, 6.07) is 0. The van der Waals surface area contributed by atoms with Crippen molar-refractivity contribution in [3.63, 3.8) is 0 Å². The molecule has 0 spiro atoms. The number of ether oxygens (including phenoxy) is 3. The zero-order chi connectivity index (χ0) is 47.2. The van der Waals surface area contributed by atoms with E-state index in [2.05, 4.69) is 45.1 Å². The van der Waals surface area contributed by atoms with Crippen molar-refractivity contribution in [1.29, 1.82) is 0 Å². The van der Waals surface area contributed by atoms with Crippen LogP contribution in [-0.4, -0.2) is 37.2 Å². The summed E-state index contributed by atoms with van der Waals surface area (Å²) >= 11 is 0. The minimum atomic E-state index is -0.773. The second kappa shape index (κ2) is 54.5. The molecule has 65 heavy (non-hydrogen) atoms. The first-order chi connectivity index (χ1) is 32.0. The van der Waals surface area contributed by atoms with E-state index in [1.54, 1.807) is 0 Å². The van der Waals surface area contributed by atoms with E-state index < -0.39 is 6.10 Å². The van der Waals surface area contributed by atoms with Crippen molar-refractivity contribution < 1.29 is 28.6 Å². The van der Waals surface area contributed by atoms with Gasteiger partial charge in [0.25, 0.3) is 0 Å². The number of esters is 3. The highest BCUT2D eigenvalue weighted by Gasteiger charge is 2.19. The van der Waals surface area contributed by atoms with E-state index in [9.17, 15) is 14.4 Å². The molecular weight excluding hydrogens is 805 g/mol. The van der Waals surface area contributed by atoms with Crippen molar-refractivity contribution in [2.45, 2.75) is 322 Å². The van der Waals surface area contributed by atoms with Gasteiger partial charge in [0.1, 0.15) is 13.2 Å². The highest BCUT2D eigenvalue weighted by molar-refractivity contribution is 5.71. The van der Waals surface area contributed by atoms with Crippen LogP contribution in [-0.2, 0) is 28.6 Å². The van der Waals surface area contributed by atoms with Gasteiger partial charge >= 0.3 is 17.9 Å². The van der Waals surface area contributed by atoms with Crippen LogP contribution in [0.25, 0.3) is 0 Å². The monoisotopic (exact) mass is 915 g/mol. The zero-order valence-corrected chi connectivity index (χ0v) is 43.8. The molecule has 6 heteroatoms. The maximum atomic E-state index is 12.8. The zero-order valence-electron chi connectivity index (χ0n) is 43.8. The van der Waals surface area contributed by atoms with E-state index in [0.717, 1.165) is 64.2 Å². The van der Waals surface area contributed by atoms with Gasteiger partial charge < -0.3 is 14.2 Å². The number of carbonyl (C=O) groups excluding carboxylic acids is 3. The Morgan fingerprint density at radius 3 is 0.769 bits per heavy atom. The van der Waals surface area contributed by atoms with Crippen LogP contribution in [0.2, 0.25) is 0 Å². The Morgan fingerprint density at radius 1 is 0.292 bits per heavy atom. The lowest BCUT2D eigenvalue weighted by atomic mass is 10.0. The minimum Gasteiger partial charge on any atom is -0.462 e. The predicted molar refractivity (Wildman–Crippen MR) is 279 cm³/mol. The normalized spacial score (nSPS) is 12.1. The van der Waals surface area contributed by atoms with Gasteiger partial charge in [-0.2, -0.15) is 0 Å². The molecule has 0 aliphatic carbocycles. The largest absolute Gasteiger partial charge is 0.462 e. The number of hydrogen-bond acceptors (Lipinski definition) is 6. The molecule has 1 atom stereocenters. The van der Waals surface area contributed by atoms with Crippen LogP contribution in [0.15, 0.2) is 24.3 Å². The molecule has 0 aromatic heterocycles. The predicted octanol–water partition coefficient (Wildman–Crippen LogP) is 19.1. The van der Waals surface area contributed by atoms with Gasteiger partial charge in [-0.25, -0.2) is 0 Å². The Bertz CT molecular complexity index is 1050. The third-order valence-corrected chi connectivity index (χ3v) is 12.9. The summed E-state index contributed by atoms with van der Waals surface area (Å²) in [6.07, 6.45) is 63.1. The molecule has 0 heterocycles. The third kappa shape index (κ3) is 52.7. The summed E-state index contributed by atoms with van der Waals surface area (Å²) in [6.45, 7) is 6.67. The van der Waals surface area contributed by atoms with Crippen LogP contribution in [0.3, 0.4) is 0 Å². The van der Waals surface area contributed by atoms with Crippen LogP contribution in [0.1, 0.15) is 316 Å². The van der Waals surface area contributed by atoms with E-state index in [1.807, 2.05) is 0 Å². The van der Waals surface area contributed by atoms with Gasteiger partial charge in [-0.15, -0.1) is 0 Å². The van der Waals surface area contributed by atoms with Gasteiger partial charge in [0.05, 0.1) is 0 Å². The molecule has 0 amide bonds. The molecule has 0 aliphatic rings. The summed E-state index contributed by atoms with van der Waals surface area (Å²) in [4.78, 5) is 38.1. The van der Waals surface area contributed by atoms with Crippen molar-refractivity contribution in [2.24, 2.45) is 0 Å². The molecule has 0 aromatic rings. The highest BCUT2D eigenvalue weighted by atomic mass is 16.6. The molecule has 382 valence electrons. The van der Waals surface area contributed by atoms with Gasteiger partial charge in [-0.3, -0.25) is 14.4 Å². The summed E-state index contributed by atoms with van der Waals surface area (Å²) < 4.78 is 16.9.